The van der Waals surface area contributed by atoms with E-state index in [1.807, 2.05) is 19.1 Å². The molecule has 0 saturated carbocycles. The number of amides is 1. The molecule has 1 amide bonds. The van der Waals surface area contributed by atoms with E-state index in [0.717, 1.165) is 16.8 Å². The second-order valence-electron chi connectivity index (χ2n) is 7.03. The van der Waals surface area contributed by atoms with Gasteiger partial charge in [-0.2, -0.15) is 0 Å². The Hall–Kier alpha value is -3.13. The highest BCUT2D eigenvalue weighted by Gasteiger charge is 2.15. The van der Waals surface area contributed by atoms with Crippen LogP contribution in [0.5, 0.6) is 11.5 Å². The Bertz CT molecular complexity index is 975. The van der Waals surface area contributed by atoms with Gasteiger partial charge in [0.2, 0.25) is 0 Å². The molecule has 0 aliphatic heterocycles. The van der Waals surface area contributed by atoms with E-state index in [9.17, 15) is 4.79 Å². The maximum absolute atomic E-state index is 12.2. The average molecular weight is 430 g/mol. The molecule has 0 bridgehead atoms. The van der Waals surface area contributed by atoms with Gasteiger partial charge in [-0.25, -0.2) is 4.68 Å². The fourth-order valence-electron chi connectivity index (χ4n) is 2.87. The van der Waals surface area contributed by atoms with Crippen molar-refractivity contribution in [3.05, 3.63) is 58.9 Å². The number of aromatic nitrogens is 4. The Morgan fingerprint density at radius 1 is 1.20 bits per heavy atom. The number of aryl methyl sites for hydroxylation is 1. The topological polar surface area (TPSA) is 91.2 Å². The highest BCUT2D eigenvalue weighted by atomic mass is 35.5. The van der Waals surface area contributed by atoms with E-state index in [1.54, 1.807) is 35.3 Å². The summed E-state index contributed by atoms with van der Waals surface area (Å²) in [6.45, 7) is 6.72. The number of tetrazole rings is 1. The molecule has 8 nitrogen and oxygen atoms in total. The van der Waals surface area contributed by atoms with Crippen molar-refractivity contribution in [2.24, 2.45) is 0 Å². The molecule has 30 heavy (non-hydrogen) atoms. The first-order chi connectivity index (χ1) is 14.4. The van der Waals surface area contributed by atoms with E-state index in [0.29, 0.717) is 29.7 Å². The molecule has 0 aliphatic rings. The van der Waals surface area contributed by atoms with Crippen LogP contribution in [0.4, 0.5) is 0 Å². The van der Waals surface area contributed by atoms with E-state index < -0.39 is 0 Å². The Kier molecular flexibility index (Phi) is 7.24. The van der Waals surface area contributed by atoms with Crippen LogP contribution in [0.3, 0.4) is 0 Å². The maximum Gasteiger partial charge on any atom is 0.258 e. The third-order valence-corrected chi connectivity index (χ3v) is 4.66. The lowest BCUT2D eigenvalue weighted by molar-refractivity contribution is -0.123. The minimum absolute atomic E-state index is 0.0790. The van der Waals surface area contributed by atoms with Crippen LogP contribution in [0.15, 0.2) is 42.7 Å². The SMILES string of the molecule is Cc1cc(OCC(=O)NCCOc2ccc(Cl)cc2)c(C(C)C)cc1-n1cnnn1. The molecule has 2 aromatic carbocycles. The summed E-state index contributed by atoms with van der Waals surface area (Å²) in [5, 5.41) is 14.8. The molecular formula is C21H24ClN5O3. The molecule has 0 atom stereocenters. The lowest BCUT2D eigenvalue weighted by Crippen LogP contribution is -2.32. The number of rotatable bonds is 9. The highest BCUT2D eigenvalue weighted by molar-refractivity contribution is 6.30. The number of ether oxygens (including phenoxy) is 2. The molecule has 158 valence electrons. The first-order valence-corrected chi connectivity index (χ1v) is 9.97. The van der Waals surface area contributed by atoms with E-state index in [4.69, 9.17) is 21.1 Å². The van der Waals surface area contributed by atoms with Crippen LogP contribution in [0.25, 0.3) is 5.69 Å². The minimum atomic E-state index is -0.216. The van der Waals surface area contributed by atoms with Crippen molar-refractivity contribution in [1.29, 1.82) is 0 Å². The van der Waals surface area contributed by atoms with Gasteiger partial charge in [-0.3, -0.25) is 4.79 Å². The summed E-state index contributed by atoms with van der Waals surface area (Å²) in [5.41, 5.74) is 2.79. The van der Waals surface area contributed by atoms with Gasteiger partial charge in [0.25, 0.3) is 5.91 Å². The largest absolute Gasteiger partial charge is 0.492 e. The van der Waals surface area contributed by atoms with Crippen LogP contribution in [-0.2, 0) is 4.79 Å². The van der Waals surface area contributed by atoms with Crippen LogP contribution < -0.4 is 14.8 Å². The minimum Gasteiger partial charge on any atom is -0.492 e. The van der Waals surface area contributed by atoms with E-state index in [-0.39, 0.29) is 18.4 Å². The number of hydrogen-bond acceptors (Lipinski definition) is 6. The van der Waals surface area contributed by atoms with Crippen molar-refractivity contribution < 1.29 is 14.3 Å². The molecule has 1 aromatic heterocycles. The number of halogens is 1. The quantitative estimate of drug-likeness (QED) is 0.524. The van der Waals surface area contributed by atoms with E-state index >= 15 is 0 Å². The van der Waals surface area contributed by atoms with E-state index in [2.05, 4.69) is 34.7 Å². The zero-order valence-electron chi connectivity index (χ0n) is 17.1. The van der Waals surface area contributed by atoms with Gasteiger partial charge in [0, 0.05) is 5.02 Å². The molecule has 0 saturated heterocycles. The number of nitrogens with one attached hydrogen (secondary N) is 1. The summed E-state index contributed by atoms with van der Waals surface area (Å²) in [6, 6.07) is 11.0. The molecule has 1 N–H and O–H groups in total. The van der Waals surface area contributed by atoms with Crippen molar-refractivity contribution >= 4 is 17.5 Å². The Balaban J connectivity index is 1.53. The maximum atomic E-state index is 12.2. The summed E-state index contributed by atoms with van der Waals surface area (Å²) in [5.74, 6) is 1.36. The van der Waals surface area contributed by atoms with Gasteiger partial charge in [0.1, 0.15) is 24.4 Å². The van der Waals surface area contributed by atoms with Crippen LogP contribution in [0.2, 0.25) is 5.02 Å². The number of carbonyl (C=O) groups excluding carboxylic acids is 1. The Morgan fingerprint density at radius 2 is 1.97 bits per heavy atom. The molecular weight excluding hydrogens is 406 g/mol. The number of hydrogen-bond donors (Lipinski definition) is 1. The van der Waals surface area contributed by atoms with Gasteiger partial charge in [-0.15, -0.1) is 5.10 Å². The zero-order chi connectivity index (χ0) is 21.5. The first-order valence-electron chi connectivity index (χ1n) is 9.60. The summed E-state index contributed by atoms with van der Waals surface area (Å²) in [6.07, 6.45) is 1.55. The molecule has 1 heterocycles. The van der Waals surface area contributed by atoms with Crippen molar-refractivity contribution in [2.45, 2.75) is 26.7 Å². The summed E-state index contributed by atoms with van der Waals surface area (Å²) in [7, 11) is 0. The van der Waals surface area contributed by atoms with Crippen LogP contribution in [-0.4, -0.2) is 45.9 Å². The smallest absolute Gasteiger partial charge is 0.258 e. The van der Waals surface area contributed by atoms with E-state index in [1.165, 1.54) is 0 Å². The predicted octanol–water partition coefficient (Wildman–Crippen LogP) is 3.32. The molecule has 9 heteroatoms. The first kappa shape index (κ1) is 21.6. The van der Waals surface area contributed by atoms with Crippen molar-refractivity contribution in [1.82, 2.24) is 25.5 Å². The molecule has 3 aromatic rings. The molecule has 3 rings (SSSR count). The molecule has 0 radical (unpaired) electrons. The molecule has 0 fully saturated rings. The van der Waals surface area contributed by atoms with Crippen LogP contribution in [0, 0.1) is 6.92 Å². The third-order valence-electron chi connectivity index (χ3n) is 4.41. The predicted molar refractivity (Wildman–Crippen MR) is 113 cm³/mol. The van der Waals surface area contributed by atoms with Gasteiger partial charge in [-0.1, -0.05) is 25.4 Å². The van der Waals surface area contributed by atoms with Gasteiger partial charge in [-0.05, 0) is 70.8 Å². The standard InChI is InChI=1S/C21H24ClN5O3/c1-14(2)18-11-19(27-13-24-25-26-27)15(3)10-20(18)30-12-21(28)23-8-9-29-17-6-4-16(22)5-7-17/h4-7,10-11,13-14H,8-9,12H2,1-3H3,(H,23,28). The molecule has 0 spiro atoms. The second kappa shape index (κ2) is 10.1. The lowest BCUT2D eigenvalue weighted by Gasteiger charge is -2.17. The van der Waals surface area contributed by atoms with Crippen molar-refractivity contribution in [3.63, 3.8) is 0 Å². The van der Waals surface area contributed by atoms with Crippen molar-refractivity contribution in [3.8, 4) is 17.2 Å². The lowest BCUT2D eigenvalue weighted by atomic mass is 9.99. The number of nitrogens with zero attached hydrogens (tertiary/aromatic N) is 4. The fourth-order valence-corrected chi connectivity index (χ4v) is 2.99. The Labute approximate surface area is 180 Å². The molecule has 0 unspecified atom stereocenters. The second-order valence-corrected chi connectivity index (χ2v) is 7.46. The summed E-state index contributed by atoms with van der Waals surface area (Å²) in [4.78, 5) is 12.2. The normalized spacial score (nSPS) is 10.8. The van der Waals surface area contributed by atoms with Gasteiger partial charge < -0.3 is 14.8 Å². The highest BCUT2D eigenvalue weighted by Crippen LogP contribution is 2.31. The van der Waals surface area contributed by atoms with Crippen LogP contribution in [0.1, 0.15) is 30.9 Å². The number of benzene rings is 2. The van der Waals surface area contributed by atoms with Gasteiger partial charge >= 0.3 is 0 Å². The fraction of sp³-hybridized carbons (Fsp3) is 0.333. The monoisotopic (exact) mass is 429 g/mol. The van der Waals surface area contributed by atoms with Gasteiger partial charge in [0.05, 0.1) is 12.2 Å². The summed E-state index contributed by atoms with van der Waals surface area (Å²) >= 11 is 5.84. The van der Waals surface area contributed by atoms with Crippen LogP contribution >= 0.6 is 11.6 Å². The van der Waals surface area contributed by atoms with Gasteiger partial charge in [0.15, 0.2) is 6.61 Å². The van der Waals surface area contributed by atoms with Crippen molar-refractivity contribution in [2.75, 3.05) is 19.8 Å². The average Bonchev–Trinajstić information content (AvgIpc) is 3.25. The zero-order valence-corrected chi connectivity index (χ0v) is 17.9. The Morgan fingerprint density at radius 3 is 2.63 bits per heavy atom. The number of carbonyl (C=O) groups is 1. The summed E-state index contributed by atoms with van der Waals surface area (Å²) < 4.78 is 13.0. The molecule has 0 aliphatic carbocycles. The third kappa shape index (κ3) is 5.70.